The summed E-state index contributed by atoms with van der Waals surface area (Å²) < 4.78 is 10.9. The van der Waals surface area contributed by atoms with Crippen LogP contribution < -0.4 is 5.73 Å². The maximum atomic E-state index is 10.9. The molecular weight excluding hydrogens is 261 g/mol. The average molecular weight is 275 g/mol. The second-order valence-corrected chi connectivity index (χ2v) is 5.63. The number of benzene rings is 1. The van der Waals surface area contributed by atoms with Crippen molar-refractivity contribution in [3.63, 3.8) is 0 Å². The summed E-state index contributed by atoms with van der Waals surface area (Å²) in [5.41, 5.74) is 5.86. The Bertz CT molecular complexity index is 523. The lowest BCUT2D eigenvalue weighted by Gasteiger charge is -2.14. The Balaban J connectivity index is 3.27. The number of carboxylic acid groups (broad SMARTS) is 1. The SMILES string of the molecule is Cc1cc(CP(=O)(O)O)cc(C(N)C(=O)O)c1O. The Morgan fingerprint density at radius 2 is 2.00 bits per heavy atom. The molecule has 1 unspecified atom stereocenters. The molecule has 8 heteroatoms. The highest BCUT2D eigenvalue weighted by Gasteiger charge is 2.22. The van der Waals surface area contributed by atoms with E-state index in [1.165, 1.54) is 19.1 Å². The molecule has 0 saturated carbocycles. The molecule has 0 fully saturated rings. The Morgan fingerprint density at radius 1 is 1.44 bits per heavy atom. The first kappa shape index (κ1) is 14.7. The predicted octanol–water partition coefficient (Wildman–Crippen LogP) is 0.463. The Kier molecular flexibility index (Phi) is 4.13. The zero-order valence-electron chi connectivity index (χ0n) is 9.57. The number of phenols is 1. The molecule has 0 aliphatic rings. The molecule has 0 heterocycles. The summed E-state index contributed by atoms with van der Waals surface area (Å²) >= 11 is 0. The number of aromatic hydroxyl groups is 1. The molecule has 0 bridgehead atoms. The van der Waals surface area contributed by atoms with Crippen molar-refractivity contribution in [2.45, 2.75) is 19.1 Å². The van der Waals surface area contributed by atoms with Crippen LogP contribution in [0.4, 0.5) is 0 Å². The maximum absolute atomic E-state index is 10.9. The van der Waals surface area contributed by atoms with Crippen molar-refractivity contribution < 1.29 is 29.4 Å². The van der Waals surface area contributed by atoms with Crippen LogP contribution in [0.3, 0.4) is 0 Å². The van der Waals surface area contributed by atoms with E-state index in [1.54, 1.807) is 0 Å². The number of phenolic OH excluding ortho intramolecular Hbond substituents is 1. The zero-order chi connectivity index (χ0) is 14.1. The summed E-state index contributed by atoms with van der Waals surface area (Å²) in [5, 5.41) is 18.5. The molecule has 0 aliphatic heterocycles. The van der Waals surface area contributed by atoms with Crippen LogP contribution in [0.2, 0.25) is 0 Å². The molecule has 0 spiro atoms. The first-order chi connectivity index (χ1) is 8.11. The van der Waals surface area contributed by atoms with Crippen LogP contribution >= 0.6 is 7.60 Å². The van der Waals surface area contributed by atoms with Crippen molar-refractivity contribution in [1.29, 1.82) is 0 Å². The van der Waals surface area contributed by atoms with Crippen LogP contribution in [-0.4, -0.2) is 26.0 Å². The van der Waals surface area contributed by atoms with Crippen LogP contribution in [0.25, 0.3) is 0 Å². The van der Waals surface area contributed by atoms with Crippen LogP contribution in [0, 0.1) is 6.92 Å². The summed E-state index contributed by atoms with van der Waals surface area (Å²) in [5.74, 6) is -1.61. The highest BCUT2D eigenvalue weighted by molar-refractivity contribution is 7.50. The minimum atomic E-state index is -4.27. The van der Waals surface area contributed by atoms with Crippen molar-refractivity contribution in [1.82, 2.24) is 0 Å². The number of aliphatic carboxylic acids is 1. The van der Waals surface area contributed by atoms with Gasteiger partial charge in [0.15, 0.2) is 0 Å². The lowest BCUT2D eigenvalue weighted by atomic mass is 10.0. The molecule has 100 valence electrons. The molecular formula is C10H14NO6P. The number of aryl methyl sites for hydroxylation is 1. The van der Waals surface area contributed by atoms with Crippen LogP contribution in [0.1, 0.15) is 22.7 Å². The summed E-state index contributed by atoms with van der Waals surface area (Å²) in [4.78, 5) is 28.5. The van der Waals surface area contributed by atoms with E-state index >= 15 is 0 Å². The fraction of sp³-hybridized carbons (Fsp3) is 0.300. The molecule has 1 aromatic rings. The van der Waals surface area contributed by atoms with Gasteiger partial charge in [-0.1, -0.05) is 6.07 Å². The molecule has 6 N–H and O–H groups in total. The standard InChI is InChI=1S/C10H14NO6P/c1-5-2-6(4-18(15,16)17)3-7(9(5)12)8(11)10(13)14/h2-3,8,12H,4,11H2,1H3,(H,13,14)(H2,15,16,17). The number of rotatable bonds is 4. The van der Waals surface area contributed by atoms with Gasteiger partial charge < -0.3 is 25.7 Å². The lowest BCUT2D eigenvalue weighted by Crippen LogP contribution is -2.21. The number of carbonyl (C=O) groups is 1. The second-order valence-electron chi connectivity index (χ2n) is 3.99. The largest absolute Gasteiger partial charge is 0.507 e. The van der Waals surface area contributed by atoms with E-state index in [4.69, 9.17) is 20.6 Å². The minimum absolute atomic E-state index is 0.0639. The predicted molar refractivity (Wildman–Crippen MR) is 63.2 cm³/mol. The van der Waals surface area contributed by atoms with Gasteiger partial charge in [-0.3, -0.25) is 9.36 Å². The molecule has 0 aromatic heterocycles. The fourth-order valence-corrected chi connectivity index (χ4v) is 2.24. The Labute approximate surface area is 103 Å². The van der Waals surface area contributed by atoms with Gasteiger partial charge in [-0.2, -0.15) is 0 Å². The number of hydrogen-bond donors (Lipinski definition) is 5. The molecule has 0 saturated heterocycles. The third-order valence-electron chi connectivity index (χ3n) is 2.38. The van der Waals surface area contributed by atoms with Gasteiger partial charge in [0.1, 0.15) is 11.8 Å². The molecule has 0 radical (unpaired) electrons. The summed E-state index contributed by atoms with van der Waals surface area (Å²) in [6.07, 6.45) is -0.534. The van der Waals surface area contributed by atoms with Gasteiger partial charge in [0.05, 0.1) is 6.16 Å². The van der Waals surface area contributed by atoms with Gasteiger partial charge in [0.25, 0.3) is 0 Å². The summed E-state index contributed by atoms with van der Waals surface area (Å²) in [6.45, 7) is 1.50. The van der Waals surface area contributed by atoms with Gasteiger partial charge in [-0.25, -0.2) is 0 Å². The zero-order valence-corrected chi connectivity index (χ0v) is 10.5. The third kappa shape index (κ3) is 3.54. The monoisotopic (exact) mass is 275 g/mol. The maximum Gasteiger partial charge on any atom is 0.329 e. The van der Waals surface area contributed by atoms with Crippen molar-refractivity contribution in [2.75, 3.05) is 0 Å². The topological polar surface area (TPSA) is 141 Å². The van der Waals surface area contributed by atoms with Crippen molar-refractivity contribution in [3.05, 3.63) is 28.8 Å². The van der Waals surface area contributed by atoms with Gasteiger partial charge in [0.2, 0.25) is 0 Å². The van der Waals surface area contributed by atoms with Gasteiger partial charge in [-0.15, -0.1) is 0 Å². The van der Waals surface area contributed by atoms with E-state index in [1.807, 2.05) is 0 Å². The fourth-order valence-electron chi connectivity index (χ4n) is 1.58. The van der Waals surface area contributed by atoms with E-state index in [-0.39, 0.29) is 16.9 Å². The van der Waals surface area contributed by atoms with Crippen molar-refractivity contribution >= 4 is 13.6 Å². The van der Waals surface area contributed by atoms with E-state index in [2.05, 4.69) is 0 Å². The van der Waals surface area contributed by atoms with Crippen LogP contribution in [0.5, 0.6) is 5.75 Å². The van der Waals surface area contributed by atoms with Crippen LogP contribution in [-0.2, 0) is 15.5 Å². The van der Waals surface area contributed by atoms with E-state index < -0.39 is 25.8 Å². The van der Waals surface area contributed by atoms with E-state index in [0.717, 1.165) is 0 Å². The molecule has 0 aliphatic carbocycles. The first-order valence-corrected chi connectivity index (χ1v) is 6.77. The molecule has 1 atom stereocenters. The number of hydrogen-bond acceptors (Lipinski definition) is 4. The van der Waals surface area contributed by atoms with Crippen molar-refractivity contribution in [2.24, 2.45) is 5.73 Å². The summed E-state index contributed by atoms with van der Waals surface area (Å²) in [6, 6.07) is 1.13. The Hall–Kier alpha value is -1.40. The first-order valence-electron chi connectivity index (χ1n) is 4.97. The highest BCUT2D eigenvalue weighted by Crippen LogP contribution is 2.40. The highest BCUT2D eigenvalue weighted by atomic mass is 31.2. The van der Waals surface area contributed by atoms with Crippen LogP contribution in [0.15, 0.2) is 12.1 Å². The third-order valence-corrected chi connectivity index (χ3v) is 3.16. The van der Waals surface area contributed by atoms with Crippen molar-refractivity contribution in [3.8, 4) is 5.75 Å². The Morgan fingerprint density at radius 3 is 2.44 bits per heavy atom. The molecule has 1 rings (SSSR count). The quantitative estimate of drug-likeness (QED) is 0.502. The smallest absolute Gasteiger partial charge is 0.329 e. The average Bonchev–Trinajstić information content (AvgIpc) is 2.19. The molecule has 1 aromatic carbocycles. The van der Waals surface area contributed by atoms with Gasteiger partial charge in [0, 0.05) is 5.56 Å². The van der Waals surface area contributed by atoms with Gasteiger partial charge in [-0.05, 0) is 24.1 Å². The normalized spacial score (nSPS) is 13.3. The lowest BCUT2D eigenvalue weighted by molar-refractivity contribution is -0.138. The van der Waals surface area contributed by atoms with E-state index in [0.29, 0.717) is 5.56 Å². The molecule has 0 amide bonds. The second kappa shape index (κ2) is 5.07. The minimum Gasteiger partial charge on any atom is -0.507 e. The van der Waals surface area contributed by atoms with E-state index in [9.17, 15) is 14.5 Å². The summed E-state index contributed by atoms with van der Waals surface area (Å²) in [7, 11) is -4.27. The molecule has 18 heavy (non-hydrogen) atoms. The molecule has 7 nitrogen and oxygen atoms in total. The number of nitrogens with two attached hydrogens (primary N) is 1. The number of carboxylic acids is 1. The van der Waals surface area contributed by atoms with Gasteiger partial charge >= 0.3 is 13.6 Å².